The highest BCUT2D eigenvalue weighted by atomic mass is 79.9. The molecule has 1 unspecified atom stereocenters. The lowest BCUT2D eigenvalue weighted by molar-refractivity contribution is 0.478. The average Bonchev–Trinajstić information content (AvgIpc) is 2.36. The molecule has 0 radical (unpaired) electrons. The maximum Gasteiger partial charge on any atom is 0.146 e. The molecule has 0 spiro atoms. The summed E-state index contributed by atoms with van der Waals surface area (Å²) >= 11 is 9.65. The smallest absolute Gasteiger partial charge is 0.146 e. The largest absolute Gasteiger partial charge is 0.455 e. The summed E-state index contributed by atoms with van der Waals surface area (Å²) in [5.74, 6) is 1.41. The third kappa shape index (κ3) is 3.50. The van der Waals surface area contributed by atoms with E-state index in [-0.39, 0.29) is 6.04 Å². The van der Waals surface area contributed by atoms with Crippen LogP contribution in [-0.4, -0.2) is 0 Å². The highest BCUT2D eigenvalue weighted by molar-refractivity contribution is 9.10. The predicted octanol–water partition coefficient (Wildman–Crippen LogP) is 5.22. The van der Waals surface area contributed by atoms with Gasteiger partial charge >= 0.3 is 0 Å². The minimum atomic E-state index is -0.0424. The first-order valence-electron chi connectivity index (χ1n) is 5.96. The van der Waals surface area contributed by atoms with Crippen LogP contribution in [-0.2, 0) is 0 Å². The van der Waals surface area contributed by atoms with Gasteiger partial charge in [0.2, 0.25) is 0 Å². The van der Waals surface area contributed by atoms with Crippen molar-refractivity contribution in [3.05, 3.63) is 57.0 Å². The van der Waals surface area contributed by atoms with Gasteiger partial charge < -0.3 is 10.5 Å². The minimum Gasteiger partial charge on any atom is -0.455 e. The van der Waals surface area contributed by atoms with Crippen LogP contribution in [0.1, 0.15) is 24.1 Å². The van der Waals surface area contributed by atoms with E-state index in [1.807, 2.05) is 50.2 Å². The Bertz CT molecular complexity index is 599. The van der Waals surface area contributed by atoms with Gasteiger partial charge in [-0.15, -0.1) is 0 Å². The first-order chi connectivity index (χ1) is 8.97. The number of rotatable bonds is 3. The van der Waals surface area contributed by atoms with Gasteiger partial charge in [-0.1, -0.05) is 39.7 Å². The summed E-state index contributed by atoms with van der Waals surface area (Å²) in [6.07, 6.45) is 0. The Hall–Kier alpha value is -1.03. The molecule has 19 heavy (non-hydrogen) atoms. The van der Waals surface area contributed by atoms with Crippen LogP contribution in [0.5, 0.6) is 11.5 Å². The van der Waals surface area contributed by atoms with Gasteiger partial charge in [0.15, 0.2) is 0 Å². The molecule has 0 bridgehead atoms. The van der Waals surface area contributed by atoms with Gasteiger partial charge in [0.25, 0.3) is 0 Å². The first kappa shape index (κ1) is 14.4. The second-order valence-electron chi connectivity index (χ2n) is 4.49. The zero-order chi connectivity index (χ0) is 14.0. The number of ether oxygens (including phenoxy) is 1. The van der Waals surface area contributed by atoms with Crippen molar-refractivity contribution in [3.8, 4) is 11.5 Å². The fourth-order valence-electron chi connectivity index (χ4n) is 1.69. The molecule has 0 amide bonds. The van der Waals surface area contributed by atoms with Gasteiger partial charge in [0, 0.05) is 10.5 Å². The molecule has 2 aromatic carbocycles. The Morgan fingerprint density at radius 3 is 2.53 bits per heavy atom. The van der Waals surface area contributed by atoms with E-state index in [2.05, 4.69) is 15.9 Å². The van der Waals surface area contributed by atoms with Crippen LogP contribution in [0.15, 0.2) is 40.9 Å². The molecule has 0 aliphatic rings. The number of benzene rings is 2. The van der Waals surface area contributed by atoms with Gasteiger partial charge in [-0.25, -0.2) is 0 Å². The predicted molar refractivity (Wildman–Crippen MR) is 83.0 cm³/mol. The second-order valence-corrected chi connectivity index (χ2v) is 5.81. The van der Waals surface area contributed by atoms with Crippen LogP contribution in [0.3, 0.4) is 0 Å². The van der Waals surface area contributed by atoms with E-state index < -0.39 is 0 Å². The number of nitrogens with two attached hydrogens (primary N) is 1. The first-order valence-corrected chi connectivity index (χ1v) is 7.13. The van der Waals surface area contributed by atoms with Crippen molar-refractivity contribution in [2.45, 2.75) is 19.9 Å². The van der Waals surface area contributed by atoms with Gasteiger partial charge in [0.1, 0.15) is 11.5 Å². The highest BCUT2D eigenvalue weighted by Crippen LogP contribution is 2.33. The molecule has 2 nitrogen and oxygen atoms in total. The molecule has 1 atom stereocenters. The molecule has 100 valence electrons. The summed E-state index contributed by atoms with van der Waals surface area (Å²) in [7, 11) is 0. The van der Waals surface area contributed by atoms with Gasteiger partial charge in [-0.05, 0) is 49.2 Å². The Kier molecular flexibility index (Phi) is 4.50. The summed E-state index contributed by atoms with van der Waals surface area (Å²) < 4.78 is 6.82. The molecule has 2 rings (SSSR count). The Morgan fingerprint density at radius 1 is 1.16 bits per heavy atom. The standard InChI is InChI=1S/C15H15BrClNO/c1-9-3-5-12(16)8-15(9)19-14-6-4-11(10(2)18)7-13(14)17/h3-8,10H,18H2,1-2H3. The van der Waals surface area contributed by atoms with E-state index >= 15 is 0 Å². The molecule has 0 heterocycles. The summed E-state index contributed by atoms with van der Waals surface area (Å²) in [5, 5.41) is 0.564. The Morgan fingerprint density at radius 2 is 1.89 bits per heavy atom. The van der Waals surface area contributed by atoms with E-state index in [0.29, 0.717) is 10.8 Å². The molecule has 0 aromatic heterocycles. The molecule has 4 heteroatoms. The zero-order valence-corrected chi connectivity index (χ0v) is 13.1. The highest BCUT2D eigenvalue weighted by Gasteiger charge is 2.08. The van der Waals surface area contributed by atoms with Crippen LogP contribution >= 0.6 is 27.5 Å². The average molecular weight is 341 g/mol. The maximum absolute atomic E-state index is 6.22. The number of hydrogen-bond donors (Lipinski definition) is 1. The van der Waals surface area contributed by atoms with Crippen LogP contribution < -0.4 is 10.5 Å². The van der Waals surface area contributed by atoms with Crippen molar-refractivity contribution in [2.75, 3.05) is 0 Å². The second kappa shape index (κ2) is 5.95. The molecule has 0 saturated carbocycles. The maximum atomic E-state index is 6.22. The van der Waals surface area contributed by atoms with Crippen molar-refractivity contribution in [1.82, 2.24) is 0 Å². The third-order valence-corrected chi connectivity index (χ3v) is 3.64. The topological polar surface area (TPSA) is 35.2 Å². The molecule has 2 aromatic rings. The van der Waals surface area contributed by atoms with Crippen LogP contribution in [0, 0.1) is 6.92 Å². The van der Waals surface area contributed by atoms with E-state index in [1.165, 1.54) is 0 Å². The molecule has 2 N–H and O–H groups in total. The molecular weight excluding hydrogens is 326 g/mol. The van der Waals surface area contributed by atoms with Crippen molar-refractivity contribution in [3.63, 3.8) is 0 Å². The van der Waals surface area contributed by atoms with Crippen molar-refractivity contribution in [2.24, 2.45) is 5.73 Å². The van der Waals surface area contributed by atoms with Crippen molar-refractivity contribution in [1.29, 1.82) is 0 Å². The Balaban J connectivity index is 2.31. The minimum absolute atomic E-state index is 0.0424. The summed E-state index contributed by atoms with van der Waals surface area (Å²) in [6.45, 7) is 3.91. The van der Waals surface area contributed by atoms with E-state index in [9.17, 15) is 0 Å². The summed E-state index contributed by atoms with van der Waals surface area (Å²) in [6, 6.07) is 11.5. The summed E-state index contributed by atoms with van der Waals surface area (Å²) in [5.41, 5.74) is 7.86. The van der Waals surface area contributed by atoms with E-state index in [1.54, 1.807) is 0 Å². The monoisotopic (exact) mass is 339 g/mol. The van der Waals surface area contributed by atoms with Gasteiger partial charge in [0.05, 0.1) is 5.02 Å². The third-order valence-electron chi connectivity index (χ3n) is 2.85. The lowest BCUT2D eigenvalue weighted by Crippen LogP contribution is -2.04. The number of hydrogen-bond acceptors (Lipinski definition) is 2. The van der Waals surface area contributed by atoms with E-state index in [0.717, 1.165) is 21.3 Å². The quantitative estimate of drug-likeness (QED) is 0.831. The lowest BCUT2D eigenvalue weighted by Gasteiger charge is -2.12. The molecule has 0 aliphatic carbocycles. The lowest BCUT2D eigenvalue weighted by atomic mass is 10.1. The normalized spacial score (nSPS) is 12.3. The van der Waals surface area contributed by atoms with Crippen molar-refractivity contribution < 1.29 is 4.74 Å². The van der Waals surface area contributed by atoms with E-state index in [4.69, 9.17) is 22.1 Å². The fourth-order valence-corrected chi connectivity index (χ4v) is 2.25. The molecular formula is C15H15BrClNO. The van der Waals surface area contributed by atoms with Crippen molar-refractivity contribution >= 4 is 27.5 Å². The summed E-state index contributed by atoms with van der Waals surface area (Å²) in [4.78, 5) is 0. The zero-order valence-electron chi connectivity index (χ0n) is 10.8. The number of aryl methyl sites for hydroxylation is 1. The van der Waals surface area contributed by atoms with Gasteiger partial charge in [-0.2, -0.15) is 0 Å². The van der Waals surface area contributed by atoms with Crippen LogP contribution in [0.2, 0.25) is 5.02 Å². The molecule has 0 fully saturated rings. The Labute approximate surface area is 126 Å². The fraction of sp³-hybridized carbons (Fsp3) is 0.200. The van der Waals surface area contributed by atoms with Crippen LogP contribution in [0.4, 0.5) is 0 Å². The molecule has 0 saturated heterocycles. The SMILES string of the molecule is Cc1ccc(Br)cc1Oc1ccc(C(C)N)cc1Cl. The molecule has 0 aliphatic heterocycles. The van der Waals surface area contributed by atoms with Gasteiger partial charge in [-0.3, -0.25) is 0 Å². The van der Waals surface area contributed by atoms with Crippen LogP contribution in [0.25, 0.3) is 0 Å². The number of halogens is 2.